The van der Waals surface area contributed by atoms with Crippen LogP contribution in [0.4, 0.5) is 0 Å². The number of aryl methyl sites for hydroxylation is 4. The standard InChI is InChI=1S/C29H38N2/c1-22(9-11-26-13-15-28(7-5-17-30)24(3)20-26)19-23(2)10-12-27-14-16-29(8-6-18-31)25(4)21-27/h9-16,20-21H,1-2,5-8,17-19,30-31H2,3-4H3/b11-9+,12-10+. The summed E-state index contributed by atoms with van der Waals surface area (Å²) in [5, 5.41) is 0. The minimum Gasteiger partial charge on any atom is -0.330 e. The number of hydrogen-bond acceptors (Lipinski definition) is 2. The summed E-state index contributed by atoms with van der Waals surface area (Å²) in [6.07, 6.45) is 13.3. The van der Waals surface area contributed by atoms with Crippen molar-refractivity contribution in [3.8, 4) is 0 Å². The van der Waals surface area contributed by atoms with Gasteiger partial charge in [-0.1, -0.05) is 85.0 Å². The molecule has 2 aromatic carbocycles. The van der Waals surface area contributed by atoms with Crippen molar-refractivity contribution >= 4 is 12.2 Å². The largest absolute Gasteiger partial charge is 0.330 e. The second kappa shape index (κ2) is 12.9. The number of nitrogens with two attached hydrogens (primary N) is 2. The molecule has 0 unspecified atom stereocenters. The van der Waals surface area contributed by atoms with Crippen molar-refractivity contribution < 1.29 is 0 Å². The van der Waals surface area contributed by atoms with E-state index in [1.807, 2.05) is 0 Å². The van der Waals surface area contributed by atoms with Crippen LogP contribution in [0.15, 0.2) is 72.9 Å². The lowest BCUT2D eigenvalue weighted by atomic mass is 9.99. The molecular formula is C29H38N2. The molecule has 0 heterocycles. The molecule has 4 N–H and O–H groups in total. The van der Waals surface area contributed by atoms with Crippen molar-refractivity contribution in [2.45, 2.75) is 46.0 Å². The SMILES string of the molecule is C=C(/C=C/c1ccc(CCCN)c(C)c1)CC(=C)/C=C/c1ccc(CCCN)c(C)c1. The van der Waals surface area contributed by atoms with Crippen molar-refractivity contribution in [1.29, 1.82) is 0 Å². The van der Waals surface area contributed by atoms with Gasteiger partial charge in [0.1, 0.15) is 0 Å². The van der Waals surface area contributed by atoms with Gasteiger partial charge in [0, 0.05) is 0 Å². The van der Waals surface area contributed by atoms with Gasteiger partial charge in [0.25, 0.3) is 0 Å². The first-order valence-corrected chi connectivity index (χ1v) is 11.2. The lowest BCUT2D eigenvalue weighted by molar-refractivity contribution is 0.828. The Hall–Kier alpha value is -2.68. The van der Waals surface area contributed by atoms with Crippen molar-refractivity contribution in [3.05, 3.63) is 106 Å². The summed E-state index contributed by atoms with van der Waals surface area (Å²) in [6.45, 7) is 14.2. The maximum Gasteiger partial charge on any atom is -0.00375 e. The highest BCUT2D eigenvalue weighted by atomic mass is 14.5. The van der Waals surface area contributed by atoms with E-state index in [9.17, 15) is 0 Å². The summed E-state index contributed by atoms with van der Waals surface area (Å²) >= 11 is 0. The Morgan fingerprint density at radius 3 is 1.52 bits per heavy atom. The quantitative estimate of drug-likeness (QED) is 0.400. The van der Waals surface area contributed by atoms with Gasteiger partial charge in [-0.25, -0.2) is 0 Å². The predicted octanol–water partition coefficient (Wildman–Crippen LogP) is 6.32. The Morgan fingerprint density at radius 2 is 1.16 bits per heavy atom. The molecule has 2 nitrogen and oxygen atoms in total. The van der Waals surface area contributed by atoms with Crippen LogP contribution in [0.1, 0.15) is 52.6 Å². The molecule has 0 radical (unpaired) electrons. The van der Waals surface area contributed by atoms with Crippen LogP contribution >= 0.6 is 0 Å². The summed E-state index contributed by atoms with van der Waals surface area (Å²) < 4.78 is 0. The zero-order valence-corrected chi connectivity index (χ0v) is 19.3. The minimum atomic E-state index is 0.735. The first-order valence-electron chi connectivity index (χ1n) is 11.2. The monoisotopic (exact) mass is 414 g/mol. The van der Waals surface area contributed by atoms with Crippen LogP contribution in [0.3, 0.4) is 0 Å². The van der Waals surface area contributed by atoms with Gasteiger partial charge in [0.15, 0.2) is 0 Å². The normalized spacial score (nSPS) is 11.5. The average Bonchev–Trinajstić information content (AvgIpc) is 2.75. The molecule has 2 heteroatoms. The van der Waals surface area contributed by atoms with E-state index in [-0.39, 0.29) is 0 Å². The van der Waals surface area contributed by atoms with Crippen LogP contribution in [0.5, 0.6) is 0 Å². The van der Waals surface area contributed by atoms with Crippen molar-refractivity contribution in [2.75, 3.05) is 13.1 Å². The Labute approximate surface area is 189 Å². The third-order valence-corrected chi connectivity index (χ3v) is 5.51. The van der Waals surface area contributed by atoms with Gasteiger partial charge in [-0.15, -0.1) is 0 Å². The fraction of sp³-hybridized carbons (Fsp3) is 0.310. The predicted molar refractivity (Wildman–Crippen MR) is 138 cm³/mol. The van der Waals surface area contributed by atoms with E-state index in [1.54, 1.807) is 0 Å². The third-order valence-electron chi connectivity index (χ3n) is 5.51. The second-order valence-electron chi connectivity index (χ2n) is 8.32. The smallest absolute Gasteiger partial charge is 0.00375 e. The molecule has 0 atom stereocenters. The Bertz CT molecular complexity index is 870. The van der Waals surface area contributed by atoms with Gasteiger partial charge < -0.3 is 11.5 Å². The highest BCUT2D eigenvalue weighted by molar-refractivity contribution is 5.57. The highest BCUT2D eigenvalue weighted by Gasteiger charge is 2.01. The number of benzene rings is 2. The van der Waals surface area contributed by atoms with E-state index < -0.39 is 0 Å². The minimum absolute atomic E-state index is 0.735. The van der Waals surface area contributed by atoms with Gasteiger partial charge in [-0.2, -0.15) is 0 Å². The molecule has 31 heavy (non-hydrogen) atoms. The van der Waals surface area contributed by atoms with Crippen LogP contribution < -0.4 is 11.5 Å². The lowest BCUT2D eigenvalue weighted by Crippen LogP contribution is -2.01. The molecule has 0 saturated heterocycles. The summed E-state index contributed by atoms with van der Waals surface area (Å²) in [7, 11) is 0. The fourth-order valence-electron chi connectivity index (χ4n) is 3.63. The molecule has 0 aliphatic rings. The first-order chi connectivity index (χ1) is 14.9. The molecule has 0 saturated carbocycles. The summed E-state index contributed by atoms with van der Waals surface area (Å²) in [5.74, 6) is 0. The van der Waals surface area contributed by atoms with Crippen LogP contribution in [0.25, 0.3) is 12.2 Å². The van der Waals surface area contributed by atoms with E-state index in [1.165, 1.54) is 33.4 Å². The highest BCUT2D eigenvalue weighted by Crippen LogP contribution is 2.18. The van der Waals surface area contributed by atoms with Crippen molar-refractivity contribution in [2.24, 2.45) is 11.5 Å². The molecule has 0 bridgehead atoms. The van der Waals surface area contributed by atoms with E-state index in [0.29, 0.717) is 0 Å². The van der Waals surface area contributed by atoms with Gasteiger partial charge in [-0.05, 0) is 92.4 Å². The number of hydrogen-bond donors (Lipinski definition) is 2. The van der Waals surface area contributed by atoms with Crippen molar-refractivity contribution in [1.82, 2.24) is 0 Å². The molecule has 0 amide bonds. The molecule has 0 fully saturated rings. The van der Waals surface area contributed by atoms with Gasteiger partial charge in [-0.3, -0.25) is 0 Å². The molecule has 2 aromatic rings. The Kier molecular flexibility index (Phi) is 10.2. The second-order valence-corrected chi connectivity index (χ2v) is 8.32. The molecule has 0 aliphatic heterocycles. The summed E-state index contributed by atoms with van der Waals surface area (Å²) in [5.41, 5.74) is 21.1. The molecule has 0 aromatic heterocycles. The Morgan fingerprint density at radius 1 is 0.742 bits per heavy atom. The molecular weight excluding hydrogens is 376 g/mol. The van der Waals surface area contributed by atoms with Crippen LogP contribution in [-0.4, -0.2) is 13.1 Å². The van der Waals surface area contributed by atoms with Gasteiger partial charge in [0.05, 0.1) is 0 Å². The topological polar surface area (TPSA) is 52.0 Å². The van der Waals surface area contributed by atoms with E-state index in [2.05, 4.69) is 87.7 Å². The average molecular weight is 415 g/mol. The fourth-order valence-corrected chi connectivity index (χ4v) is 3.63. The number of allylic oxidation sites excluding steroid dienone is 4. The lowest BCUT2D eigenvalue weighted by Gasteiger charge is -2.07. The van der Waals surface area contributed by atoms with Gasteiger partial charge in [0.2, 0.25) is 0 Å². The van der Waals surface area contributed by atoms with Crippen LogP contribution in [-0.2, 0) is 12.8 Å². The van der Waals surface area contributed by atoms with Crippen molar-refractivity contribution in [3.63, 3.8) is 0 Å². The molecule has 2 rings (SSSR count). The zero-order chi connectivity index (χ0) is 22.6. The van der Waals surface area contributed by atoms with E-state index >= 15 is 0 Å². The van der Waals surface area contributed by atoms with Crippen LogP contribution in [0, 0.1) is 13.8 Å². The maximum absolute atomic E-state index is 5.62. The summed E-state index contributed by atoms with van der Waals surface area (Å²) in [4.78, 5) is 0. The van der Waals surface area contributed by atoms with Crippen LogP contribution in [0.2, 0.25) is 0 Å². The van der Waals surface area contributed by atoms with Gasteiger partial charge >= 0.3 is 0 Å². The summed E-state index contributed by atoms with van der Waals surface area (Å²) in [6, 6.07) is 13.2. The Balaban J connectivity index is 1.90. The molecule has 0 spiro atoms. The first kappa shape index (κ1) is 24.6. The van der Waals surface area contributed by atoms with E-state index in [4.69, 9.17) is 11.5 Å². The molecule has 164 valence electrons. The molecule has 0 aliphatic carbocycles. The number of rotatable bonds is 12. The third kappa shape index (κ3) is 8.53. The van der Waals surface area contributed by atoms with E-state index in [0.717, 1.165) is 56.3 Å². The zero-order valence-electron chi connectivity index (χ0n) is 19.3. The maximum atomic E-state index is 5.62.